The minimum Gasteiger partial charge on any atom is -0.310 e. The molecule has 0 saturated carbocycles. The fourth-order valence-electron chi connectivity index (χ4n) is 3.45. The maximum absolute atomic E-state index is 12.4. The summed E-state index contributed by atoms with van der Waals surface area (Å²) in [5.74, 6) is 1.24. The van der Waals surface area contributed by atoms with Gasteiger partial charge in [-0.25, -0.2) is 4.68 Å². The van der Waals surface area contributed by atoms with Crippen LogP contribution in [0.3, 0.4) is 0 Å². The van der Waals surface area contributed by atoms with Crippen LogP contribution >= 0.6 is 11.8 Å². The third-order valence-corrected chi connectivity index (χ3v) is 6.25. The first-order valence-electron chi connectivity index (χ1n) is 9.23. The maximum atomic E-state index is 12.4. The molecule has 1 N–H and O–H groups in total. The lowest BCUT2D eigenvalue weighted by molar-refractivity contribution is -0.113. The molecule has 1 unspecified atom stereocenters. The van der Waals surface area contributed by atoms with E-state index in [1.165, 1.54) is 16.7 Å². The van der Waals surface area contributed by atoms with Gasteiger partial charge in [0.25, 0.3) is 0 Å². The van der Waals surface area contributed by atoms with Gasteiger partial charge in [0.15, 0.2) is 0 Å². The second-order valence-electron chi connectivity index (χ2n) is 6.93. The Morgan fingerprint density at radius 2 is 1.81 bits per heavy atom. The Kier molecular flexibility index (Phi) is 4.79. The molecule has 1 aliphatic rings. The number of nitrogens with zero attached hydrogens (tertiary/aromatic N) is 2. The van der Waals surface area contributed by atoms with Crippen LogP contribution in [-0.4, -0.2) is 21.4 Å². The molecule has 0 saturated heterocycles. The van der Waals surface area contributed by atoms with Crippen LogP contribution < -0.4 is 5.32 Å². The highest BCUT2D eigenvalue weighted by Crippen LogP contribution is 2.43. The summed E-state index contributed by atoms with van der Waals surface area (Å²) >= 11 is 1.66. The van der Waals surface area contributed by atoms with Crippen molar-refractivity contribution >= 4 is 23.5 Å². The van der Waals surface area contributed by atoms with Crippen LogP contribution in [0.25, 0.3) is 5.69 Å². The van der Waals surface area contributed by atoms with Crippen molar-refractivity contribution in [1.29, 1.82) is 0 Å². The average Bonchev–Trinajstić information content (AvgIpc) is 2.88. The van der Waals surface area contributed by atoms with Crippen molar-refractivity contribution in [2.75, 3.05) is 11.1 Å². The number of aryl methyl sites for hydroxylation is 3. The smallest absolute Gasteiger partial charge is 0.235 e. The highest BCUT2D eigenvalue weighted by atomic mass is 32.2. The molecule has 1 atom stereocenters. The maximum Gasteiger partial charge on any atom is 0.235 e. The van der Waals surface area contributed by atoms with Crippen LogP contribution in [0.4, 0.5) is 5.82 Å². The molecule has 2 heterocycles. The predicted octanol–water partition coefficient (Wildman–Crippen LogP) is 4.83. The van der Waals surface area contributed by atoms with Crippen LogP contribution in [0.2, 0.25) is 0 Å². The Hall–Kier alpha value is -2.53. The van der Waals surface area contributed by atoms with Crippen LogP contribution in [0, 0.1) is 13.8 Å². The molecule has 4 nitrogen and oxygen atoms in total. The molecular formula is C22H23N3OS. The third kappa shape index (κ3) is 3.39. The monoisotopic (exact) mass is 377 g/mol. The number of benzene rings is 2. The zero-order valence-corrected chi connectivity index (χ0v) is 16.6. The number of hydrogen-bond donors (Lipinski definition) is 1. The van der Waals surface area contributed by atoms with Gasteiger partial charge in [-0.15, -0.1) is 11.8 Å². The van der Waals surface area contributed by atoms with Gasteiger partial charge in [0.05, 0.1) is 22.4 Å². The van der Waals surface area contributed by atoms with Gasteiger partial charge in [0.2, 0.25) is 5.91 Å². The highest BCUT2D eigenvalue weighted by Gasteiger charge is 2.30. The summed E-state index contributed by atoms with van der Waals surface area (Å²) in [7, 11) is 0. The topological polar surface area (TPSA) is 46.9 Å². The van der Waals surface area contributed by atoms with Crippen molar-refractivity contribution in [1.82, 2.24) is 9.78 Å². The van der Waals surface area contributed by atoms with Crippen LogP contribution in [0.1, 0.15) is 40.1 Å². The lowest BCUT2D eigenvalue weighted by atomic mass is 10.0. The summed E-state index contributed by atoms with van der Waals surface area (Å²) in [5, 5.41) is 7.94. The van der Waals surface area contributed by atoms with E-state index < -0.39 is 0 Å². The number of hydrogen-bond acceptors (Lipinski definition) is 3. The van der Waals surface area contributed by atoms with E-state index in [0.29, 0.717) is 5.75 Å². The lowest BCUT2D eigenvalue weighted by Crippen LogP contribution is -2.15. The van der Waals surface area contributed by atoms with Gasteiger partial charge in [0, 0.05) is 5.56 Å². The number of rotatable bonds is 3. The molecule has 0 bridgehead atoms. The van der Waals surface area contributed by atoms with Crippen molar-refractivity contribution in [3.63, 3.8) is 0 Å². The van der Waals surface area contributed by atoms with E-state index in [2.05, 4.69) is 55.6 Å². The Morgan fingerprint density at radius 1 is 1.11 bits per heavy atom. The minimum atomic E-state index is 0.0159. The first kappa shape index (κ1) is 17.9. The summed E-state index contributed by atoms with van der Waals surface area (Å²) < 4.78 is 1.86. The van der Waals surface area contributed by atoms with Crippen molar-refractivity contribution in [2.45, 2.75) is 32.4 Å². The van der Waals surface area contributed by atoms with E-state index in [1.54, 1.807) is 11.8 Å². The van der Waals surface area contributed by atoms with E-state index in [4.69, 9.17) is 5.10 Å². The fraction of sp³-hybridized carbons (Fsp3) is 0.273. The SMILES string of the molecule is CCc1ccc(C2SCC(=O)Nc3c2c(C)nn3-c2ccc(C)cc2)cc1. The van der Waals surface area contributed by atoms with Gasteiger partial charge in [0.1, 0.15) is 5.82 Å². The molecule has 4 rings (SSSR count). The van der Waals surface area contributed by atoms with Gasteiger partial charge in [-0.1, -0.05) is 48.9 Å². The summed E-state index contributed by atoms with van der Waals surface area (Å²) in [6, 6.07) is 16.9. The molecule has 5 heteroatoms. The molecule has 0 spiro atoms. The highest BCUT2D eigenvalue weighted by molar-refractivity contribution is 8.00. The number of fused-ring (bicyclic) bond motifs is 1. The van der Waals surface area contributed by atoms with E-state index in [9.17, 15) is 4.79 Å². The van der Waals surface area contributed by atoms with Crippen molar-refractivity contribution < 1.29 is 4.79 Å². The third-order valence-electron chi connectivity index (χ3n) is 4.98. The van der Waals surface area contributed by atoms with Gasteiger partial charge < -0.3 is 5.32 Å². The Morgan fingerprint density at radius 3 is 2.48 bits per heavy atom. The summed E-state index contributed by atoms with van der Waals surface area (Å²) in [6.45, 7) is 6.24. The first-order chi connectivity index (χ1) is 13.1. The van der Waals surface area contributed by atoms with Crippen LogP contribution in [0.5, 0.6) is 0 Å². The van der Waals surface area contributed by atoms with Crippen molar-refractivity contribution in [3.05, 3.63) is 76.5 Å². The molecular weight excluding hydrogens is 354 g/mol. The fourth-order valence-corrected chi connectivity index (χ4v) is 4.64. The van der Waals surface area contributed by atoms with Gasteiger partial charge in [-0.2, -0.15) is 5.10 Å². The van der Waals surface area contributed by atoms with Gasteiger partial charge in [-0.05, 0) is 43.5 Å². The van der Waals surface area contributed by atoms with Gasteiger partial charge >= 0.3 is 0 Å². The normalized spacial score (nSPS) is 16.6. The first-order valence-corrected chi connectivity index (χ1v) is 10.3. The van der Waals surface area contributed by atoms with Gasteiger partial charge in [-0.3, -0.25) is 4.79 Å². The standard InChI is InChI=1S/C22H23N3OS/c1-4-16-7-9-17(10-8-16)21-20-15(3)24-25(18-11-5-14(2)6-12-18)22(20)23-19(26)13-27-21/h5-12,21H,4,13H2,1-3H3,(H,23,26). The van der Waals surface area contributed by atoms with Crippen molar-refractivity contribution in [2.24, 2.45) is 0 Å². The number of nitrogens with one attached hydrogen (secondary N) is 1. The molecule has 1 aromatic heterocycles. The molecule has 0 aliphatic carbocycles. The Balaban J connectivity index is 1.84. The number of amides is 1. The number of carbonyl (C=O) groups excluding carboxylic acids is 1. The Bertz CT molecular complexity index is 974. The molecule has 0 radical (unpaired) electrons. The zero-order valence-electron chi connectivity index (χ0n) is 15.8. The second-order valence-corrected chi connectivity index (χ2v) is 8.02. The zero-order chi connectivity index (χ0) is 19.0. The molecule has 27 heavy (non-hydrogen) atoms. The summed E-state index contributed by atoms with van der Waals surface area (Å²) in [5.41, 5.74) is 6.72. The minimum absolute atomic E-state index is 0.0159. The molecule has 0 fully saturated rings. The number of carbonyl (C=O) groups is 1. The Labute approximate surface area is 164 Å². The predicted molar refractivity (Wildman–Crippen MR) is 112 cm³/mol. The van der Waals surface area contributed by atoms with E-state index in [1.807, 2.05) is 23.7 Å². The van der Waals surface area contributed by atoms with Crippen molar-refractivity contribution in [3.8, 4) is 5.69 Å². The number of aromatic nitrogens is 2. The van der Waals surface area contributed by atoms with Crippen LogP contribution in [-0.2, 0) is 11.2 Å². The summed E-state index contributed by atoms with van der Waals surface area (Å²) in [6.07, 6.45) is 1.02. The van der Waals surface area contributed by atoms with E-state index in [-0.39, 0.29) is 11.2 Å². The number of thioether (sulfide) groups is 1. The summed E-state index contributed by atoms with van der Waals surface area (Å²) in [4.78, 5) is 12.4. The van der Waals surface area contributed by atoms with Crippen LogP contribution in [0.15, 0.2) is 48.5 Å². The molecule has 138 valence electrons. The number of anilines is 1. The average molecular weight is 378 g/mol. The quantitative estimate of drug-likeness (QED) is 0.711. The molecule has 1 amide bonds. The molecule has 3 aromatic rings. The largest absolute Gasteiger partial charge is 0.310 e. The van der Waals surface area contributed by atoms with E-state index >= 15 is 0 Å². The lowest BCUT2D eigenvalue weighted by Gasteiger charge is -2.16. The molecule has 1 aliphatic heterocycles. The molecule has 2 aromatic carbocycles. The second kappa shape index (κ2) is 7.24. The van der Waals surface area contributed by atoms with E-state index in [0.717, 1.165) is 29.2 Å².